The minimum Gasteiger partial charge on any atom is -0.441 e. The molecule has 0 atom stereocenters. The van der Waals surface area contributed by atoms with Gasteiger partial charge in [-0.1, -0.05) is 12.8 Å². The van der Waals surface area contributed by atoms with Crippen molar-refractivity contribution in [3.05, 3.63) is 24.1 Å². The average Bonchev–Trinajstić information content (AvgIpc) is 2.93. The van der Waals surface area contributed by atoms with Crippen LogP contribution >= 0.6 is 0 Å². The van der Waals surface area contributed by atoms with Gasteiger partial charge < -0.3 is 14.8 Å². The van der Waals surface area contributed by atoms with Crippen LogP contribution in [0.3, 0.4) is 0 Å². The summed E-state index contributed by atoms with van der Waals surface area (Å²) in [5, 5.41) is 13.0. The highest BCUT2D eigenvalue weighted by Crippen LogP contribution is 2.32. The Hall–Kier alpha value is -1.88. The van der Waals surface area contributed by atoms with E-state index in [9.17, 15) is 9.90 Å². The van der Waals surface area contributed by atoms with Gasteiger partial charge >= 0.3 is 0 Å². The summed E-state index contributed by atoms with van der Waals surface area (Å²) in [6, 6.07) is 5.35. The number of carbonyl (C=O) groups excluding carboxylic acids is 1. The molecule has 0 radical (unpaired) electrons. The number of aromatic nitrogens is 1. The fourth-order valence-corrected chi connectivity index (χ4v) is 2.83. The third-order valence-corrected chi connectivity index (χ3v) is 3.80. The lowest BCUT2D eigenvalue weighted by molar-refractivity contribution is -0.120. The number of hydrogen-bond donors (Lipinski definition) is 2. The van der Waals surface area contributed by atoms with E-state index in [1.807, 2.05) is 0 Å². The summed E-state index contributed by atoms with van der Waals surface area (Å²) >= 11 is 0. The molecule has 1 heterocycles. The van der Waals surface area contributed by atoms with Crippen LogP contribution in [-0.4, -0.2) is 21.6 Å². The van der Waals surface area contributed by atoms with E-state index in [4.69, 9.17) is 4.42 Å². The first-order chi connectivity index (χ1) is 9.54. The fourth-order valence-electron chi connectivity index (χ4n) is 2.83. The molecule has 5 heteroatoms. The Morgan fingerprint density at radius 2 is 2.20 bits per heavy atom. The molecule has 5 nitrogen and oxygen atoms in total. The van der Waals surface area contributed by atoms with E-state index in [-0.39, 0.29) is 12.3 Å². The third kappa shape index (κ3) is 2.67. The average molecular weight is 274 g/mol. The molecule has 0 bridgehead atoms. The molecule has 1 aliphatic carbocycles. The maximum Gasteiger partial charge on any atom is 0.227 e. The predicted molar refractivity (Wildman–Crippen MR) is 75.4 cm³/mol. The van der Waals surface area contributed by atoms with Crippen molar-refractivity contribution in [3.63, 3.8) is 0 Å². The molecule has 0 spiro atoms. The summed E-state index contributed by atoms with van der Waals surface area (Å²) < 4.78 is 5.39. The Bertz CT molecular complexity index is 642. The number of aliphatic hydroxyl groups is 1. The number of nitrogens with one attached hydrogen (secondary N) is 1. The molecule has 1 aromatic carbocycles. The van der Waals surface area contributed by atoms with E-state index in [0.717, 1.165) is 18.4 Å². The van der Waals surface area contributed by atoms with E-state index >= 15 is 0 Å². The molecule has 1 saturated carbocycles. The second-order valence-corrected chi connectivity index (χ2v) is 5.57. The molecule has 3 rings (SSSR count). The summed E-state index contributed by atoms with van der Waals surface area (Å²) in [5.41, 5.74) is 1.28. The van der Waals surface area contributed by atoms with Crippen LogP contribution < -0.4 is 5.32 Å². The standard InChI is InChI=1S/C15H18N2O3/c1-10-16-12-8-11(4-5-13(12)20-10)17-14(18)9-15(19)6-2-3-7-15/h4-5,8,19H,2-3,6-7,9H2,1H3,(H,17,18). The van der Waals surface area contributed by atoms with E-state index in [1.54, 1.807) is 25.1 Å². The zero-order chi connectivity index (χ0) is 14.2. The molecule has 0 unspecified atom stereocenters. The van der Waals surface area contributed by atoms with Crippen LogP contribution in [0.25, 0.3) is 11.1 Å². The molecule has 1 aliphatic rings. The molecular formula is C15H18N2O3. The second kappa shape index (κ2) is 4.90. The van der Waals surface area contributed by atoms with Crippen LogP contribution in [0.2, 0.25) is 0 Å². The van der Waals surface area contributed by atoms with Crippen LogP contribution in [0.5, 0.6) is 0 Å². The first kappa shape index (κ1) is 13.1. The number of carbonyl (C=O) groups is 1. The van der Waals surface area contributed by atoms with Crippen molar-refractivity contribution in [2.24, 2.45) is 0 Å². The number of benzene rings is 1. The van der Waals surface area contributed by atoms with Crippen molar-refractivity contribution in [2.45, 2.75) is 44.6 Å². The van der Waals surface area contributed by atoms with Crippen LogP contribution in [0.4, 0.5) is 5.69 Å². The first-order valence-electron chi connectivity index (χ1n) is 6.94. The fraction of sp³-hybridized carbons (Fsp3) is 0.467. The number of rotatable bonds is 3. The summed E-state index contributed by atoms with van der Waals surface area (Å²) in [6.45, 7) is 1.79. The Balaban J connectivity index is 1.70. The number of aryl methyl sites for hydroxylation is 1. The highest BCUT2D eigenvalue weighted by Gasteiger charge is 2.33. The minimum atomic E-state index is -0.821. The van der Waals surface area contributed by atoms with E-state index < -0.39 is 5.60 Å². The summed E-state index contributed by atoms with van der Waals surface area (Å²) in [5.74, 6) is 0.442. The zero-order valence-corrected chi connectivity index (χ0v) is 11.5. The molecule has 0 aliphatic heterocycles. The molecular weight excluding hydrogens is 256 g/mol. The van der Waals surface area contributed by atoms with E-state index in [0.29, 0.717) is 30.0 Å². The number of amides is 1. The molecule has 2 N–H and O–H groups in total. The van der Waals surface area contributed by atoms with Gasteiger partial charge in [0.15, 0.2) is 11.5 Å². The van der Waals surface area contributed by atoms with Crippen molar-refractivity contribution >= 4 is 22.7 Å². The smallest absolute Gasteiger partial charge is 0.227 e. The van der Waals surface area contributed by atoms with Gasteiger partial charge in [0.05, 0.1) is 12.0 Å². The van der Waals surface area contributed by atoms with Gasteiger partial charge in [-0.15, -0.1) is 0 Å². The SMILES string of the molecule is Cc1nc2cc(NC(=O)CC3(O)CCCC3)ccc2o1. The van der Waals surface area contributed by atoms with Gasteiger partial charge in [-0.3, -0.25) is 4.79 Å². The Morgan fingerprint density at radius 1 is 1.45 bits per heavy atom. The normalized spacial score (nSPS) is 17.5. The largest absolute Gasteiger partial charge is 0.441 e. The van der Waals surface area contributed by atoms with Gasteiger partial charge in [0, 0.05) is 12.6 Å². The van der Waals surface area contributed by atoms with Crippen molar-refractivity contribution in [3.8, 4) is 0 Å². The van der Waals surface area contributed by atoms with E-state index in [1.165, 1.54) is 0 Å². The third-order valence-electron chi connectivity index (χ3n) is 3.80. The molecule has 2 aromatic rings. The number of oxazole rings is 1. The monoisotopic (exact) mass is 274 g/mol. The minimum absolute atomic E-state index is 0.156. The van der Waals surface area contributed by atoms with Gasteiger partial charge in [-0.05, 0) is 31.0 Å². The van der Waals surface area contributed by atoms with Gasteiger partial charge in [-0.25, -0.2) is 4.98 Å². The Kier molecular flexibility index (Phi) is 3.22. The quantitative estimate of drug-likeness (QED) is 0.902. The van der Waals surface area contributed by atoms with Crippen molar-refractivity contribution < 1.29 is 14.3 Å². The lowest BCUT2D eigenvalue weighted by Crippen LogP contribution is -2.30. The van der Waals surface area contributed by atoms with Gasteiger partial charge in [-0.2, -0.15) is 0 Å². The topological polar surface area (TPSA) is 75.4 Å². The number of anilines is 1. The highest BCUT2D eigenvalue weighted by molar-refractivity contribution is 5.93. The van der Waals surface area contributed by atoms with Gasteiger partial charge in [0.25, 0.3) is 0 Å². The molecule has 0 saturated heterocycles. The number of hydrogen-bond acceptors (Lipinski definition) is 4. The maximum absolute atomic E-state index is 12.0. The van der Waals surface area contributed by atoms with Crippen molar-refractivity contribution in [1.82, 2.24) is 4.98 Å². The Labute approximate surface area is 117 Å². The number of nitrogens with zero attached hydrogens (tertiary/aromatic N) is 1. The van der Waals surface area contributed by atoms with Crippen molar-refractivity contribution in [1.29, 1.82) is 0 Å². The van der Waals surface area contributed by atoms with Crippen molar-refractivity contribution in [2.75, 3.05) is 5.32 Å². The summed E-state index contributed by atoms with van der Waals surface area (Å²) in [4.78, 5) is 16.2. The first-order valence-corrected chi connectivity index (χ1v) is 6.94. The van der Waals surface area contributed by atoms with Crippen LogP contribution in [0, 0.1) is 6.92 Å². The lowest BCUT2D eigenvalue weighted by atomic mass is 9.97. The molecule has 1 fully saturated rings. The predicted octanol–water partition coefficient (Wildman–Crippen LogP) is 2.77. The molecule has 1 aromatic heterocycles. The maximum atomic E-state index is 12.0. The Morgan fingerprint density at radius 3 is 2.95 bits per heavy atom. The lowest BCUT2D eigenvalue weighted by Gasteiger charge is -2.21. The number of fused-ring (bicyclic) bond motifs is 1. The second-order valence-electron chi connectivity index (χ2n) is 5.57. The van der Waals surface area contributed by atoms with E-state index in [2.05, 4.69) is 10.3 Å². The van der Waals surface area contributed by atoms with Gasteiger partial charge in [0.2, 0.25) is 5.91 Å². The highest BCUT2D eigenvalue weighted by atomic mass is 16.3. The molecule has 20 heavy (non-hydrogen) atoms. The van der Waals surface area contributed by atoms with Crippen LogP contribution in [-0.2, 0) is 4.79 Å². The van der Waals surface area contributed by atoms with Crippen LogP contribution in [0.1, 0.15) is 38.0 Å². The molecule has 1 amide bonds. The van der Waals surface area contributed by atoms with Crippen LogP contribution in [0.15, 0.2) is 22.6 Å². The van der Waals surface area contributed by atoms with Gasteiger partial charge in [0.1, 0.15) is 5.52 Å². The zero-order valence-electron chi connectivity index (χ0n) is 11.5. The summed E-state index contributed by atoms with van der Waals surface area (Å²) in [6.07, 6.45) is 3.56. The molecule has 106 valence electrons. The summed E-state index contributed by atoms with van der Waals surface area (Å²) in [7, 11) is 0.